The van der Waals surface area contributed by atoms with Crippen LogP contribution in [0.1, 0.15) is 37.1 Å². The predicted octanol–water partition coefficient (Wildman–Crippen LogP) is 4.03. The lowest BCUT2D eigenvalue weighted by Crippen LogP contribution is -2.20. The average Bonchev–Trinajstić information content (AvgIpc) is 3.11. The zero-order chi connectivity index (χ0) is 13.5. The molecule has 2 bridgehead atoms. The summed E-state index contributed by atoms with van der Waals surface area (Å²) in [6.07, 6.45) is 7.14. The lowest BCUT2D eigenvalue weighted by atomic mass is 9.84. The van der Waals surface area contributed by atoms with Crippen LogP contribution in [0, 0.1) is 17.8 Å². The molecule has 2 aliphatic carbocycles. The molecular formula is C17H21NOS. The fourth-order valence-corrected chi connectivity index (χ4v) is 5.35. The summed E-state index contributed by atoms with van der Waals surface area (Å²) in [5.74, 6) is 2.66. The van der Waals surface area contributed by atoms with Gasteiger partial charge in [-0.15, -0.1) is 11.3 Å². The molecule has 0 saturated heterocycles. The van der Waals surface area contributed by atoms with E-state index in [9.17, 15) is 5.11 Å². The number of aliphatic hydroxyl groups excluding tert-OH is 1. The predicted molar refractivity (Wildman–Crippen MR) is 82.9 cm³/mol. The van der Waals surface area contributed by atoms with Gasteiger partial charge in [0.05, 0.1) is 21.3 Å². The van der Waals surface area contributed by atoms with E-state index in [1.54, 1.807) is 11.3 Å². The zero-order valence-electron chi connectivity index (χ0n) is 11.7. The van der Waals surface area contributed by atoms with Crippen molar-refractivity contribution in [1.29, 1.82) is 0 Å². The van der Waals surface area contributed by atoms with E-state index < -0.39 is 0 Å². The van der Waals surface area contributed by atoms with Crippen molar-refractivity contribution in [3.63, 3.8) is 0 Å². The van der Waals surface area contributed by atoms with E-state index in [-0.39, 0.29) is 6.10 Å². The van der Waals surface area contributed by atoms with E-state index in [2.05, 4.69) is 23.2 Å². The van der Waals surface area contributed by atoms with Gasteiger partial charge in [0.2, 0.25) is 0 Å². The maximum Gasteiger partial charge on any atom is 0.0964 e. The van der Waals surface area contributed by atoms with Crippen molar-refractivity contribution in [2.45, 2.75) is 44.6 Å². The first-order valence-corrected chi connectivity index (χ1v) is 8.62. The van der Waals surface area contributed by atoms with Crippen LogP contribution < -0.4 is 0 Å². The van der Waals surface area contributed by atoms with Crippen LogP contribution in [0.2, 0.25) is 0 Å². The smallest absolute Gasteiger partial charge is 0.0964 e. The first-order valence-electron chi connectivity index (χ1n) is 7.80. The summed E-state index contributed by atoms with van der Waals surface area (Å²) < 4.78 is 1.23. The SMILES string of the molecule is OC(Cc1nc2ccccc2s1)CC1CC2CCC1C2. The molecule has 0 spiro atoms. The summed E-state index contributed by atoms with van der Waals surface area (Å²) >= 11 is 1.73. The normalized spacial score (nSPS) is 30.1. The minimum Gasteiger partial charge on any atom is -0.393 e. The third kappa shape index (κ3) is 2.38. The van der Waals surface area contributed by atoms with Crippen molar-refractivity contribution >= 4 is 21.6 Å². The first kappa shape index (κ1) is 12.8. The lowest BCUT2D eigenvalue weighted by Gasteiger charge is -2.23. The van der Waals surface area contributed by atoms with Crippen LogP contribution in [0.15, 0.2) is 24.3 Å². The molecule has 0 amide bonds. The Bertz CT molecular complexity index is 575. The van der Waals surface area contributed by atoms with E-state index in [0.29, 0.717) is 0 Å². The van der Waals surface area contributed by atoms with Crippen molar-refractivity contribution in [3.8, 4) is 0 Å². The number of fused-ring (bicyclic) bond motifs is 3. The second-order valence-electron chi connectivity index (χ2n) is 6.60. The number of rotatable bonds is 4. The van der Waals surface area contributed by atoms with Gasteiger partial charge in [-0.2, -0.15) is 0 Å². The highest BCUT2D eigenvalue weighted by atomic mass is 32.1. The van der Waals surface area contributed by atoms with E-state index >= 15 is 0 Å². The molecule has 1 aromatic heterocycles. The van der Waals surface area contributed by atoms with Crippen molar-refractivity contribution < 1.29 is 5.11 Å². The highest BCUT2D eigenvalue weighted by molar-refractivity contribution is 7.18. The van der Waals surface area contributed by atoms with Crippen molar-refractivity contribution in [2.75, 3.05) is 0 Å². The topological polar surface area (TPSA) is 33.1 Å². The van der Waals surface area contributed by atoms with Gasteiger partial charge in [0.15, 0.2) is 0 Å². The standard InChI is InChI=1S/C17H21NOS/c19-14(9-13-8-11-5-6-12(13)7-11)10-17-18-15-3-1-2-4-16(15)20-17/h1-4,11-14,19H,5-10H2. The molecule has 1 heterocycles. The van der Waals surface area contributed by atoms with Gasteiger partial charge >= 0.3 is 0 Å². The molecule has 2 nitrogen and oxygen atoms in total. The molecule has 2 saturated carbocycles. The molecule has 2 fully saturated rings. The number of hydrogen-bond acceptors (Lipinski definition) is 3. The van der Waals surface area contributed by atoms with Gasteiger partial charge in [0.25, 0.3) is 0 Å². The molecule has 2 aromatic rings. The summed E-state index contributed by atoms with van der Waals surface area (Å²) in [5.41, 5.74) is 1.07. The van der Waals surface area contributed by atoms with Crippen molar-refractivity contribution in [2.24, 2.45) is 17.8 Å². The largest absolute Gasteiger partial charge is 0.393 e. The quantitative estimate of drug-likeness (QED) is 0.921. The number of thiazole rings is 1. The van der Waals surface area contributed by atoms with Crippen LogP contribution in [0.25, 0.3) is 10.2 Å². The Hall–Kier alpha value is -0.930. The van der Waals surface area contributed by atoms with E-state index in [0.717, 1.165) is 41.1 Å². The van der Waals surface area contributed by atoms with E-state index in [1.165, 1.54) is 30.4 Å². The van der Waals surface area contributed by atoms with Gasteiger partial charge < -0.3 is 5.11 Å². The Morgan fingerprint density at radius 1 is 1.25 bits per heavy atom. The average molecular weight is 287 g/mol. The zero-order valence-corrected chi connectivity index (χ0v) is 12.5. The fraction of sp³-hybridized carbons (Fsp3) is 0.588. The maximum atomic E-state index is 10.4. The molecule has 1 aromatic carbocycles. The Morgan fingerprint density at radius 3 is 2.90 bits per heavy atom. The molecule has 4 unspecified atom stereocenters. The summed E-state index contributed by atoms with van der Waals surface area (Å²) in [5, 5.41) is 11.5. The molecule has 0 aliphatic heterocycles. The van der Waals surface area contributed by atoms with Gasteiger partial charge in [0.1, 0.15) is 0 Å². The molecule has 0 radical (unpaired) electrons. The Kier molecular flexibility index (Phi) is 3.27. The molecule has 1 N–H and O–H groups in total. The van der Waals surface area contributed by atoms with Crippen LogP contribution in [0.5, 0.6) is 0 Å². The monoisotopic (exact) mass is 287 g/mol. The second-order valence-corrected chi connectivity index (χ2v) is 7.72. The number of para-hydroxylation sites is 1. The number of benzene rings is 1. The molecule has 4 rings (SSSR count). The number of hydrogen-bond donors (Lipinski definition) is 1. The van der Waals surface area contributed by atoms with Crippen LogP contribution in [0.3, 0.4) is 0 Å². The van der Waals surface area contributed by atoms with Crippen LogP contribution >= 0.6 is 11.3 Å². The minimum absolute atomic E-state index is 0.208. The van der Waals surface area contributed by atoms with Gasteiger partial charge in [0, 0.05) is 6.42 Å². The van der Waals surface area contributed by atoms with Gasteiger partial charge in [-0.25, -0.2) is 4.98 Å². The van der Waals surface area contributed by atoms with Crippen LogP contribution in [0.4, 0.5) is 0 Å². The van der Waals surface area contributed by atoms with Gasteiger partial charge in [-0.05, 0) is 55.6 Å². The van der Waals surface area contributed by atoms with Crippen molar-refractivity contribution in [1.82, 2.24) is 4.98 Å². The van der Waals surface area contributed by atoms with E-state index in [1.807, 2.05) is 6.07 Å². The summed E-state index contributed by atoms with van der Waals surface area (Å²) in [6.45, 7) is 0. The Morgan fingerprint density at radius 2 is 2.15 bits per heavy atom. The first-order chi connectivity index (χ1) is 9.78. The fourth-order valence-electron chi connectivity index (χ4n) is 4.31. The molecular weight excluding hydrogens is 266 g/mol. The maximum absolute atomic E-state index is 10.4. The summed E-state index contributed by atoms with van der Waals surface area (Å²) in [4.78, 5) is 4.63. The van der Waals surface area contributed by atoms with Crippen molar-refractivity contribution in [3.05, 3.63) is 29.3 Å². The molecule has 20 heavy (non-hydrogen) atoms. The Labute approximate surface area is 123 Å². The Balaban J connectivity index is 1.40. The van der Waals surface area contributed by atoms with Crippen LogP contribution in [-0.4, -0.2) is 16.2 Å². The molecule has 3 heteroatoms. The summed E-state index contributed by atoms with van der Waals surface area (Å²) in [6, 6.07) is 8.24. The van der Waals surface area contributed by atoms with Crippen LogP contribution in [-0.2, 0) is 6.42 Å². The number of aromatic nitrogens is 1. The van der Waals surface area contributed by atoms with Gasteiger partial charge in [-0.1, -0.05) is 18.6 Å². The third-order valence-corrected chi connectivity index (χ3v) is 6.27. The molecule has 2 aliphatic rings. The molecule has 106 valence electrons. The highest BCUT2D eigenvalue weighted by Gasteiger charge is 2.39. The van der Waals surface area contributed by atoms with Gasteiger partial charge in [-0.3, -0.25) is 0 Å². The minimum atomic E-state index is -0.208. The number of nitrogens with zero attached hydrogens (tertiary/aromatic N) is 1. The third-order valence-electron chi connectivity index (χ3n) is 5.21. The second kappa shape index (κ2) is 5.12. The highest BCUT2D eigenvalue weighted by Crippen LogP contribution is 2.50. The van der Waals surface area contributed by atoms with E-state index in [4.69, 9.17) is 0 Å². The number of aliphatic hydroxyl groups is 1. The summed E-state index contributed by atoms with van der Waals surface area (Å²) in [7, 11) is 0. The molecule has 4 atom stereocenters. The lowest BCUT2D eigenvalue weighted by molar-refractivity contribution is 0.124.